The Kier molecular flexibility index (Phi) is 14.1. The van der Waals surface area contributed by atoms with Crippen LogP contribution in [0.5, 0.6) is 0 Å². The van der Waals surface area contributed by atoms with Crippen LogP contribution in [0, 0.1) is 5.92 Å². The molecule has 4 aromatic rings. The fourth-order valence-electron chi connectivity index (χ4n) is 5.47. The highest BCUT2D eigenvalue weighted by atomic mass is 32.1. The summed E-state index contributed by atoms with van der Waals surface area (Å²) in [6, 6.07) is 19.6. The third kappa shape index (κ3) is 11.7. The molecule has 0 aliphatic carbocycles. The molecule has 11 nitrogen and oxygen atoms in total. The van der Waals surface area contributed by atoms with Gasteiger partial charge in [-0.1, -0.05) is 86.6 Å². The molecule has 0 bridgehead atoms. The van der Waals surface area contributed by atoms with Gasteiger partial charge in [-0.15, -0.1) is 11.3 Å². The molecule has 49 heavy (non-hydrogen) atoms. The number of fused-ring (bicyclic) bond motifs is 1. The summed E-state index contributed by atoms with van der Waals surface area (Å²) in [6.07, 6.45) is -1.74. The van der Waals surface area contributed by atoms with E-state index in [2.05, 4.69) is 20.9 Å². The molecule has 3 amide bonds. The summed E-state index contributed by atoms with van der Waals surface area (Å²) in [5.74, 6) is -1.67. The maximum Gasteiger partial charge on any atom is 0.408 e. The van der Waals surface area contributed by atoms with Crippen LogP contribution in [-0.2, 0) is 43.3 Å². The lowest BCUT2D eigenvalue weighted by Crippen LogP contribution is -2.57. The fourth-order valence-corrected chi connectivity index (χ4v) is 6.04. The molecule has 4 N–H and O–H groups in total. The van der Waals surface area contributed by atoms with E-state index in [1.165, 1.54) is 11.3 Å². The zero-order chi connectivity index (χ0) is 35.2. The first-order valence-electron chi connectivity index (χ1n) is 16.4. The van der Waals surface area contributed by atoms with Crippen molar-refractivity contribution in [2.45, 2.75) is 77.3 Å². The number of esters is 1. The van der Waals surface area contributed by atoms with E-state index in [0.717, 1.165) is 21.9 Å². The van der Waals surface area contributed by atoms with Gasteiger partial charge in [-0.25, -0.2) is 9.78 Å². The third-order valence-electron chi connectivity index (χ3n) is 7.85. The van der Waals surface area contributed by atoms with Crippen LogP contribution in [0.2, 0.25) is 0 Å². The minimum Gasteiger partial charge on any atom is -0.466 e. The highest BCUT2D eigenvalue weighted by Crippen LogP contribution is 2.20. The van der Waals surface area contributed by atoms with Crippen LogP contribution in [0.15, 0.2) is 83.7 Å². The van der Waals surface area contributed by atoms with Crippen molar-refractivity contribution < 1.29 is 33.8 Å². The van der Waals surface area contributed by atoms with E-state index < -0.39 is 48.1 Å². The number of carbonyl (C=O) groups is 4. The molecule has 0 saturated carbocycles. The summed E-state index contributed by atoms with van der Waals surface area (Å²) in [7, 11) is 0. The van der Waals surface area contributed by atoms with Gasteiger partial charge in [0.25, 0.3) is 0 Å². The van der Waals surface area contributed by atoms with E-state index in [9.17, 15) is 24.3 Å². The van der Waals surface area contributed by atoms with Gasteiger partial charge in [0.1, 0.15) is 18.7 Å². The SMILES string of the molecule is CCOC(=O)CC(O)C(CC(C)C)NC(=O)[C@H](Cc1cscn1)NC(=O)[C@H](Cc1cccc2ccccc12)NC(=O)OCc1ccccc1. The molecule has 3 aromatic carbocycles. The number of amides is 3. The summed E-state index contributed by atoms with van der Waals surface area (Å²) in [4.78, 5) is 57.4. The van der Waals surface area contributed by atoms with Crippen LogP contribution >= 0.6 is 11.3 Å². The number of thiazole rings is 1. The molecule has 1 heterocycles. The number of carbonyl (C=O) groups excluding carboxylic acids is 4. The Morgan fingerprint density at radius 2 is 1.53 bits per heavy atom. The number of aromatic nitrogens is 1. The fraction of sp³-hybridized carbons (Fsp3) is 0.378. The number of nitrogens with zero attached hydrogens (tertiary/aromatic N) is 1. The number of ether oxygens (including phenoxy) is 2. The number of aliphatic hydroxyl groups is 1. The Labute approximate surface area is 290 Å². The maximum absolute atomic E-state index is 14.1. The van der Waals surface area contributed by atoms with E-state index >= 15 is 0 Å². The molecular weight excluding hydrogens is 644 g/mol. The second-order valence-electron chi connectivity index (χ2n) is 12.2. The standard InChI is InChI=1S/C37H44N4O7S/c1-4-47-34(43)20-33(42)30(17-24(2)3)39-36(45)32(19-28-22-49-23-38-28)40-35(44)31(41-37(46)48-21-25-11-6-5-7-12-25)18-27-15-10-14-26-13-8-9-16-29(26)27/h5-16,22-24,30-33,42H,4,17-21H2,1-3H3,(H,39,45)(H,40,44)(H,41,46)/t30?,31-,32-,33?/m0/s1. The van der Waals surface area contributed by atoms with Crippen molar-refractivity contribution in [3.05, 3.63) is 101 Å². The molecule has 1 aromatic heterocycles. The number of nitrogens with one attached hydrogen (secondary N) is 3. The number of aliphatic hydroxyl groups excluding tert-OH is 1. The monoisotopic (exact) mass is 688 g/mol. The molecule has 260 valence electrons. The van der Waals surface area contributed by atoms with E-state index in [1.807, 2.05) is 86.6 Å². The quantitative estimate of drug-likeness (QED) is 0.116. The largest absolute Gasteiger partial charge is 0.466 e. The van der Waals surface area contributed by atoms with Gasteiger partial charge in [-0.2, -0.15) is 0 Å². The van der Waals surface area contributed by atoms with Gasteiger partial charge in [-0.3, -0.25) is 14.4 Å². The smallest absolute Gasteiger partial charge is 0.408 e. The predicted octanol–water partition coefficient (Wildman–Crippen LogP) is 4.71. The first-order valence-corrected chi connectivity index (χ1v) is 17.3. The van der Waals surface area contributed by atoms with Crippen LogP contribution in [0.25, 0.3) is 10.8 Å². The van der Waals surface area contributed by atoms with E-state index in [1.54, 1.807) is 17.8 Å². The second-order valence-corrected chi connectivity index (χ2v) is 12.9. The molecule has 0 radical (unpaired) electrons. The van der Waals surface area contributed by atoms with Gasteiger partial charge in [0.05, 0.1) is 36.4 Å². The lowest BCUT2D eigenvalue weighted by Gasteiger charge is -2.28. The van der Waals surface area contributed by atoms with Crippen molar-refractivity contribution in [2.24, 2.45) is 5.92 Å². The summed E-state index contributed by atoms with van der Waals surface area (Å²) < 4.78 is 10.5. The van der Waals surface area contributed by atoms with Crippen LogP contribution in [0.3, 0.4) is 0 Å². The van der Waals surface area contributed by atoms with Gasteiger partial charge in [-0.05, 0) is 41.2 Å². The Balaban J connectivity index is 1.57. The molecule has 2 unspecified atom stereocenters. The molecular formula is C37H44N4O7S. The zero-order valence-electron chi connectivity index (χ0n) is 28.0. The van der Waals surface area contributed by atoms with Gasteiger partial charge in [0.2, 0.25) is 11.8 Å². The Bertz CT molecular complexity index is 1660. The van der Waals surface area contributed by atoms with Crippen molar-refractivity contribution >= 4 is 46.0 Å². The van der Waals surface area contributed by atoms with Crippen molar-refractivity contribution in [1.82, 2.24) is 20.9 Å². The maximum atomic E-state index is 14.1. The van der Waals surface area contributed by atoms with Gasteiger partial charge in [0.15, 0.2) is 0 Å². The van der Waals surface area contributed by atoms with Crippen LogP contribution in [0.4, 0.5) is 4.79 Å². The minimum atomic E-state index is -1.21. The zero-order valence-corrected chi connectivity index (χ0v) is 28.8. The van der Waals surface area contributed by atoms with Crippen LogP contribution in [-0.4, -0.2) is 64.8 Å². The van der Waals surface area contributed by atoms with Crippen molar-refractivity contribution in [3.63, 3.8) is 0 Å². The summed E-state index contributed by atoms with van der Waals surface area (Å²) in [5.41, 5.74) is 3.82. The molecule has 0 spiro atoms. The first kappa shape index (κ1) is 37.0. The van der Waals surface area contributed by atoms with Crippen molar-refractivity contribution in [1.29, 1.82) is 0 Å². The normalized spacial score (nSPS) is 13.6. The highest BCUT2D eigenvalue weighted by Gasteiger charge is 2.32. The van der Waals surface area contributed by atoms with Crippen LogP contribution in [0.1, 0.15) is 50.4 Å². The topological polar surface area (TPSA) is 156 Å². The van der Waals surface area contributed by atoms with Crippen molar-refractivity contribution in [3.8, 4) is 0 Å². The third-order valence-corrected chi connectivity index (χ3v) is 8.49. The molecule has 0 saturated heterocycles. The highest BCUT2D eigenvalue weighted by molar-refractivity contribution is 7.07. The Morgan fingerprint density at radius 3 is 2.24 bits per heavy atom. The average molecular weight is 689 g/mol. The van der Waals surface area contributed by atoms with Gasteiger partial charge in [0, 0.05) is 18.2 Å². The Morgan fingerprint density at radius 1 is 0.837 bits per heavy atom. The molecule has 0 aliphatic heterocycles. The minimum absolute atomic E-state index is 0.00943. The summed E-state index contributed by atoms with van der Waals surface area (Å²) in [6.45, 7) is 5.73. The number of hydrogen-bond donors (Lipinski definition) is 4. The number of hydrogen-bond acceptors (Lipinski definition) is 9. The average Bonchev–Trinajstić information content (AvgIpc) is 3.60. The molecule has 0 fully saturated rings. The number of rotatable bonds is 17. The van der Waals surface area contributed by atoms with Gasteiger partial charge < -0.3 is 30.5 Å². The first-order chi connectivity index (χ1) is 23.6. The lowest BCUT2D eigenvalue weighted by atomic mass is 9.96. The van der Waals surface area contributed by atoms with Crippen LogP contribution < -0.4 is 16.0 Å². The van der Waals surface area contributed by atoms with E-state index in [4.69, 9.17) is 9.47 Å². The van der Waals surface area contributed by atoms with Gasteiger partial charge >= 0.3 is 12.1 Å². The molecule has 0 aliphatic rings. The Hall–Kier alpha value is -4.81. The predicted molar refractivity (Wildman–Crippen MR) is 188 cm³/mol. The number of benzene rings is 3. The van der Waals surface area contributed by atoms with E-state index in [-0.39, 0.29) is 38.4 Å². The number of alkyl carbamates (subject to hydrolysis) is 1. The van der Waals surface area contributed by atoms with Crippen molar-refractivity contribution in [2.75, 3.05) is 6.61 Å². The molecule has 12 heteroatoms. The summed E-state index contributed by atoms with van der Waals surface area (Å²) >= 11 is 1.35. The lowest BCUT2D eigenvalue weighted by molar-refractivity contribution is -0.146. The molecule has 4 atom stereocenters. The molecule has 4 rings (SSSR count). The van der Waals surface area contributed by atoms with E-state index in [0.29, 0.717) is 12.1 Å². The second kappa shape index (κ2) is 18.7. The summed E-state index contributed by atoms with van der Waals surface area (Å²) in [5, 5.41) is 23.0.